The van der Waals surface area contributed by atoms with Gasteiger partial charge < -0.3 is 0 Å². The van der Waals surface area contributed by atoms with Crippen LogP contribution in [0.5, 0.6) is 0 Å². The van der Waals surface area contributed by atoms with Crippen LogP contribution in [0.25, 0.3) is 0 Å². The predicted molar refractivity (Wildman–Crippen MR) is 54.0 cm³/mol. The van der Waals surface area contributed by atoms with Gasteiger partial charge in [0.1, 0.15) is 0 Å². The molecule has 2 heteroatoms. The summed E-state index contributed by atoms with van der Waals surface area (Å²) in [7, 11) is 0. The van der Waals surface area contributed by atoms with Gasteiger partial charge in [0, 0.05) is 0 Å². The molecule has 0 atom stereocenters. The van der Waals surface area contributed by atoms with E-state index in [0.29, 0.717) is 0 Å². The lowest BCUT2D eigenvalue weighted by atomic mass is 10.1. The molecule has 2 N–H and O–H groups in total. The molecule has 0 fully saturated rings. The largest absolute Gasteiger partial charge is 0.242 e. The molecule has 0 aromatic rings. The highest BCUT2D eigenvalue weighted by molar-refractivity contribution is 5.29. The SMILES string of the molecule is C=CCCCCCCC.N=C=N. The quantitative estimate of drug-likeness (QED) is 0.344. The van der Waals surface area contributed by atoms with Crippen LogP contribution in [0.3, 0.4) is 0 Å². The maximum absolute atomic E-state index is 5.62. The summed E-state index contributed by atoms with van der Waals surface area (Å²) < 4.78 is 0. The van der Waals surface area contributed by atoms with E-state index in [9.17, 15) is 0 Å². The second-order valence-corrected chi connectivity index (χ2v) is 2.62. The van der Waals surface area contributed by atoms with Crippen molar-refractivity contribution >= 4 is 6.01 Å². The van der Waals surface area contributed by atoms with E-state index in [0.717, 1.165) is 0 Å². The Morgan fingerprint density at radius 3 is 2.08 bits per heavy atom. The van der Waals surface area contributed by atoms with Crippen LogP contribution in [0.1, 0.15) is 45.4 Å². The van der Waals surface area contributed by atoms with Crippen molar-refractivity contribution in [2.75, 3.05) is 0 Å². The van der Waals surface area contributed by atoms with Crippen molar-refractivity contribution in [3.8, 4) is 0 Å². The van der Waals surface area contributed by atoms with Crippen LogP contribution in [0.2, 0.25) is 0 Å². The molecule has 70 valence electrons. The first-order valence-electron chi connectivity index (χ1n) is 4.52. The number of rotatable bonds is 6. The van der Waals surface area contributed by atoms with E-state index < -0.39 is 0 Å². The molecule has 0 heterocycles. The number of unbranched alkanes of at least 4 members (excludes halogenated alkanes) is 5. The van der Waals surface area contributed by atoms with Gasteiger partial charge in [-0.2, -0.15) is 0 Å². The van der Waals surface area contributed by atoms with E-state index in [1.54, 1.807) is 0 Å². The highest BCUT2D eigenvalue weighted by atomic mass is 14.4. The second-order valence-electron chi connectivity index (χ2n) is 2.62. The fraction of sp³-hybridized carbons (Fsp3) is 0.700. The minimum atomic E-state index is 1.20. The summed E-state index contributed by atoms with van der Waals surface area (Å²) in [5.74, 6) is 0. The standard InChI is InChI=1S/C9H18.CH2N2/c1-3-5-7-9-8-6-4-2;2-1-3/h3H,1,4-9H2,2H3;2-3H. The van der Waals surface area contributed by atoms with Gasteiger partial charge >= 0.3 is 0 Å². The van der Waals surface area contributed by atoms with Gasteiger partial charge in [0.05, 0.1) is 6.01 Å². The van der Waals surface area contributed by atoms with Gasteiger partial charge in [0.15, 0.2) is 0 Å². The average Bonchev–Trinajstić information content (AvgIpc) is 2.06. The Morgan fingerprint density at radius 2 is 1.67 bits per heavy atom. The Bertz CT molecular complexity index is 113. The summed E-state index contributed by atoms with van der Waals surface area (Å²) >= 11 is 0. The Morgan fingerprint density at radius 1 is 1.17 bits per heavy atom. The Kier molecular flexibility index (Phi) is 18.9. The normalized spacial score (nSPS) is 7.75. The molecule has 0 aliphatic heterocycles. The Balaban J connectivity index is 0. The van der Waals surface area contributed by atoms with E-state index in [2.05, 4.69) is 13.5 Å². The molecule has 2 nitrogen and oxygen atoms in total. The summed E-state index contributed by atoms with van der Waals surface area (Å²) in [5.41, 5.74) is 0. The molecular formula is C10H20N2. The summed E-state index contributed by atoms with van der Waals surface area (Å²) in [6.07, 6.45) is 10.1. The molecule has 0 amide bonds. The third-order valence-electron chi connectivity index (χ3n) is 1.51. The fourth-order valence-corrected chi connectivity index (χ4v) is 0.892. The average molecular weight is 168 g/mol. The van der Waals surface area contributed by atoms with Crippen molar-refractivity contribution in [2.45, 2.75) is 45.4 Å². The van der Waals surface area contributed by atoms with E-state index in [1.165, 1.54) is 44.5 Å². The first kappa shape index (κ1) is 13.7. The second kappa shape index (κ2) is 16.6. The highest BCUT2D eigenvalue weighted by Crippen LogP contribution is 2.04. The molecule has 0 radical (unpaired) electrons. The Hall–Kier alpha value is -0.880. The van der Waals surface area contributed by atoms with Crippen LogP contribution >= 0.6 is 0 Å². The molecule has 12 heavy (non-hydrogen) atoms. The topological polar surface area (TPSA) is 47.7 Å². The van der Waals surface area contributed by atoms with Crippen LogP contribution in [-0.2, 0) is 0 Å². The first-order chi connectivity index (χ1) is 5.83. The Labute approximate surface area is 75.7 Å². The van der Waals surface area contributed by atoms with Crippen molar-refractivity contribution in [3.63, 3.8) is 0 Å². The summed E-state index contributed by atoms with van der Waals surface area (Å²) in [6, 6.07) is 1.25. The number of allylic oxidation sites excluding steroid dienone is 1. The molecule has 0 saturated heterocycles. The van der Waals surface area contributed by atoms with Crippen LogP contribution in [0, 0.1) is 10.8 Å². The molecule has 0 aromatic heterocycles. The molecule has 0 aromatic carbocycles. The molecular weight excluding hydrogens is 148 g/mol. The molecule has 0 unspecified atom stereocenters. The maximum Gasteiger partial charge on any atom is 0.0831 e. The summed E-state index contributed by atoms with van der Waals surface area (Å²) in [4.78, 5) is 0. The number of hydrogen-bond donors (Lipinski definition) is 2. The highest BCUT2D eigenvalue weighted by Gasteiger charge is 1.84. The minimum absolute atomic E-state index is 1.20. The van der Waals surface area contributed by atoms with Gasteiger partial charge in [0.2, 0.25) is 0 Å². The first-order valence-corrected chi connectivity index (χ1v) is 4.52. The third-order valence-corrected chi connectivity index (χ3v) is 1.51. The van der Waals surface area contributed by atoms with E-state index in [-0.39, 0.29) is 0 Å². The van der Waals surface area contributed by atoms with Gasteiger partial charge in [-0.05, 0) is 12.8 Å². The fourth-order valence-electron chi connectivity index (χ4n) is 0.892. The van der Waals surface area contributed by atoms with E-state index in [4.69, 9.17) is 10.8 Å². The maximum atomic E-state index is 5.62. The van der Waals surface area contributed by atoms with Crippen molar-refractivity contribution in [1.82, 2.24) is 0 Å². The lowest BCUT2D eigenvalue weighted by Crippen LogP contribution is -1.74. The third kappa shape index (κ3) is 22.9. The van der Waals surface area contributed by atoms with Crippen molar-refractivity contribution in [3.05, 3.63) is 12.7 Å². The predicted octanol–water partition coefficient (Wildman–Crippen LogP) is 3.85. The monoisotopic (exact) mass is 168 g/mol. The molecule has 0 aliphatic rings. The molecule has 0 rings (SSSR count). The van der Waals surface area contributed by atoms with Gasteiger partial charge in [-0.3, -0.25) is 0 Å². The van der Waals surface area contributed by atoms with Gasteiger partial charge in [0.25, 0.3) is 0 Å². The van der Waals surface area contributed by atoms with E-state index >= 15 is 0 Å². The minimum Gasteiger partial charge on any atom is -0.242 e. The zero-order chi connectivity index (χ0) is 9.66. The molecule has 0 bridgehead atoms. The van der Waals surface area contributed by atoms with Crippen LogP contribution < -0.4 is 0 Å². The zero-order valence-electron chi connectivity index (χ0n) is 8.03. The van der Waals surface area contributed by atoms with Crippen molar-refractivity contribution < 1.29 is 0 Å². The lowest BCUT2D eigenvalue weighted by Gasteiger charge is -1.94. The van der Waals surface area contributed by atoms with Gasteiger partial charge in [-0.15, -0.1) is 6.58 Å². The van der Waals surface area contributed by atoms with Crippen LogP contribution in [0.15, 0.2) is 12.7 Å². The molecule has 0 spiro atoms. The number of nitrogens with one attached hydrogen (secondary N) is 2. The zero-order valence-corrected chi connectivity index (χ0v) is 8.03. The number of hydrogen-bond acceptors (Lipinski definition) is 2. The van der Waals surface area contributed by atoms with Crippen LogP contribution in [0.4, 0.5) is 0 Å². The van der Waals surface area contributed by atoms with Gasteiger partial charge in [-0.1, -0.05) is 38.7 Å². The van der Waals surface area contributed by atoms with E-state index in [1.807, 2.05) is 6.08 Å². The van der Waals surface area contributed by atoms with Crippen molar-refractivity contribution in [2.24, 2.45) is 0 Å². The molecule has 0 aliphatic carbocycles. The van der Waals surface area contributed by atoms with Crippen LogP contribution in [-0.4, -0.2) is 6.01 Å². The smallest absolute Gasteiger partial charge is 0.0831 e. The lowest BCUT2D eigenvalue weighted by molar-refractivity contribution is 0.638. The summed E-state index contributed by atoms with van der Waals surface area (Å²) in [6.45, 7) is 5.92. The summed E-state index contributed by atoms with van der Waals surface area (Å²) in [5, 5.41) is 11.2. The van der Waals surface area contributed by atoms with Crippen molar-refractivity contribution in [1.29, 1.82) is 10.8 Å². The molecule has 0 saturated carbocycles. The van der Waals surface area contributed by atoms with Gasteiger partial charge in [-0.25, -0.2) is 10.8 Å².